The molecule has 0 bridgehead atoms. The third kappa shape index (κ3) is 3.58. The van der Waals surface area contributed by atoms with E-state index >= 15 is 0 Å². The molecule has 0 spiro atoms. The highest BCUT2D eigenvalue weighted by Gasteiger charge is 2.11. The van der Waals surface area contributed by atoms with Crippen molar-refractivity contribution in [1.29, 1.82) is 0 Å². The van der Waals surface area contributed by atoms with E-state index in [4.69, 9.17) is 5.73 Å². The molecular weight excluding hydrogens is 440 g/mol. The molecule has 0 aromatic heterocycles. The van der Waals surface area contributed by atoms with Crippen LogP contribution in [0.15, 0.2) is 49.8 Å². The van der Waals surface area contributed by atoms with Crippen LogP contribution in [0, 0.1) is 0 Å². The highest BCUT2D eigenvalue weighted by molar-refractivity contribution is 9.11. The Balaban J connectivity index is 2.26. The molecule has 0 aliphatic rings. The summed E-state index contributed by atoms with van der Waals surface area (Å²) in [5, 5.41) is 2.79. The van der Waals surface area contributed by atoms with Gasteiger partial charge in [-0.15, -0.1) is 0 Å². The van der Waals surface area contributed by atoms with Crippen molar-refractivity contribution in [3.8, 4) is 0 Å². The molecule has 2 aromatic rings. The van der Waals surface area contributed by atoms with Crippen molar-refractivity contribution in [2.24, 2.45) is 0 Å². The van der Waals surface area contributed by atoms with Crippen LogP contribution in [0.2, 0.25) is 0 Å². The van der Waals surface area contributed by atoms with Gasteiger partial charge >= 0.3 is 0 Å². The van der Waals surface area contributed by atoms with Crippen molar-refractivity contribution in [2.45, 2.75) is 0 Å². The van der Waals surface area contributed by atoms with Crippen LogP contribution in [-0.2, 0) is 0 Å². The molecule has 0 atom stereocenters. The van der Waals surface area contributed by atoms with Gasteiger partial charge in [0.2, 0.25) is 0 Å². The standard InChI is InChI=1S/C13H9Br3N2O/c14-8-3-1-7(2-4-8)13(19)18-12-10(16)5-9(15)6-11(12)17/h1-6H,17H2,(H,18,19). The number of nitrogens with one attached hydrogen (secondary N) is 1. The smallest absolute Gasteiger partial charge is 0.255 e. The van der Waals surface area contributed by atoms with Crippen molar-refractivity contribution in [2.75, 3.05) is 11.1 Å². The molecule has 0 heterocycles. The van der Waals surface area contributed by atoms with E-state index in [1.807, 2.05) is 18.2 Å². The molecule has 0 aliphatic heterocycles. The number of halogens is 3. The zero-order valence-corrected chi connectivity index (χ0v) is 14.3. The van der Waals surface area contributed by atoms with Gasteiger partial charge < -0.3 is 11.1 Å². The maximum atomic E-state index is 12.1. The van der Waals surface area contributed by atoms with Gasteiger partial charge in [0.15, 0.2) is 0 Å². The molecule has 19 heavy (non-hydrogen) atoms. The number of amides is 1. The Kier molecular flexibility index (Phi) is 4.65. The van der Waals surface area contributed by atoms with Crippen LogP contribution in [0.1, 0.15) is 10.4 Å². The Morgan fingerprint density at radius 1 is 1.00 bits per heavy atom. The van der Waals surface area contributed by atoms with E-state index in [0.29, 0.717) is 16.9 Å². The second-order valence-electron chi connectivity index (χ2n) is 3.81. The van der Waals surface area contributed by atoms with Gasteiger partial charge in [0, 0.05) is 19.0 Å². The summed E-state index contributed by atoms with van der Waals surface area (Å²) in [7, 11) is 0. The summed E-state index contributed by atoms with van der Waals surface area (Å²) in [6.45, 7) is 0. The van der Waals surface area contributed by atoms with Crippen LogP contribution in [-0.4, -0.2) is 5.91 Å². The third-order valence-electron chi connectivity index (χ3n) is 2.43. The average Bonchev–Trinajstić information content (AvgIpc) is 2.34. The van der Waals surface area contributed by atoms with Crippen LogP contribution < -0.4 is 11.1 Å². The Bertz CT molecular complexity index is 603. The van der Waals surface area contributed by atoms with E-state index in [-0.39, 0.29) is 5.91 Å². The Hall–Kier alpha value is -0.850. The molecule has 0 radical (unpaired) electrons. The van der Waals surface area contributed by atoms with Gasteiger partial charge in [-0.3, -0.25) is 4.79 Å². The zero-order valence-electron chi connectivity index (χ0n) is 9.58. The number of carbonyl (C=O) groups is 1. The number of nitrogens with two attached hydrogens (primary N) is 1. The van der Waals surface area contributed by atoms with Crippen molar-refractivity contribution < 1.29 is 4.79 Å². The van der Waals surface area contributed by atoms with Crippen molar-refractivity contribution in [3.05, 3.63) is 55.4 Å². The minimum absolute atomic E-state index is 0.206. The van der Waals surface area contributed by atoms with E-state index in [2.05, 4.69) is 53.1 Å². The average molecular weight is 449 g/mol. The van der Waals surface area contributed by atoms with E-state index in [1.54, 1.807) is 18.2 Å². The number of hydrogen-bond donors (Lipinski definition) is 2. The van der Waals surface area contributed by atoms with Crippen LogP contribution >= 0.6 is 47.8 Å². The molecule has 98 valence electrons. The topological polar surface area (TPSA) is 55.1 Å². The Morgan fingerprint density at radius 3 is 2.21 bits per heavy atom. The summed E-state index contributed by atoms with van der Waals surface area (Å²) in [5.74, 6) is -0.206. The Labute approximate surface area is 136 Å². The van der Waals surface area contributed by atoms with Gasteiger partial charge in [0.25, 0.3) is 5.91 Å². The molecule has 0 saturated carbocycles. The lowest BCUT2D eigenvalue weighted by molar-refractivity contribution is 0.102. The quantitative estimate of drug-likeness (QED) is 0.648. The second-order valence-corrected chi connectivity index (χ2v) is 6.50. The first-order valence-electron chi connectivity index (χ1n) is 5.29. The highest BCUT2D eigenvalue weighted by atomic mass is 79.9. The molecule has 1 amide bonds. The van der Waals surface area contributed by atoms with Gasteiger partial charge in [-0.2, -0.15) is 0 Å². The normalized spacial score (nSPS) is 10.3. The molecule has 3 nitrogen and oxygen atoms in total. The Morgan fingerprint density at radius 2 is 1.63 bits per heavy atom. The molecule has 6 heteroatoms. The minimum atomic E-state index is -0.206. The van der Waals surface area contributed by atoms with Crippen molar-refractivity contribution in [3.63, 3.8) is 0 Å². The van der Waals surface area contributed by atoms with E-state index in [0.717, 1.165) is 13.4 Å². The molecule has 0 aliphatic carbocycles. The first-order valence-corrected chi connectivity index (χ1v) is 7.66. The maximum absolute atomic E-state index is 12.1. The van der Waals surface area contributed by atoms with E-state index < -0.39 is 0 Å². The van der Waals surface area contributed by atoms with Crippen LogP contribution in [0.25, 0.3) is 0 Å². The highest BCUT2D eigenvalue weighted by Crippen LogP contribution is 2.32. The summed E-state index contributed by atoms with van der Waals surface area (Å²) in [4.78, 5) is 12.1. The lowest BCUT2D eigenvalue weighted by Crippen LogP contribution is -2.13. The number of rotatable bonds is 2. The second kappa shape index (κ2) is 6.07. The third-order valence-corrected chi connectivity index (χ3v) is 4.04. The van der Waals surface area contributed by atoms with Crippen LogP contribution in [0.5, 0.6) is 0 Å². The van der Waals surface area contributed by atoms with Gasteiger partial charge in [-0.1, -0.05) is 31.9 Å². The molecule has 3 N–H and O–H groups in total. The summed E-state index contributed by atoms with van der Waals surface area (Å²) >= 11 is 10.0. The van der Waals surface area contributed by atoms with Gasteiger partial charge in [-0.25, -0.2) is 0 Å². The largest absolute Gasteiger partial charge is 0.397 e. The first-order chi connectivity index (χ1) is 8.97. The monoisotopic (exact) mass is 446 g/mol. The van der Waals surface area contributed by atoms with Gasteiger partial charge in [0.05, 0.1) is 11.4 Å². The lowest BCUT2D eigenvalue weighted by atomic mass is 10.2. The molecule has 0 unspecified atom stereocenters. The number of nitrogen functional groups attached to an aromatic ring is 1. The number of benzene rings is 2. The number of anilines is 2. The first kappa shape index (κ1) is 14.6. The van der Waals surface area contributed by atoms with E-state index in [1.165, 1.54) is 0 Å². The molecule has 0 fully saturated rings. The molecule has 2 rings (SSSR count). The fraction of sp³-hybridized carbons (Fsp3) is 0. The van der Waals surface area contributed by atoms with Crippen LogP contribution in [0.3, 0.4) is 0 Å². The summed E-state index contributed by atoms with van der Waals surface area (Å²) < 4.78 is 2.50. The fourth-order valence-corrected chi connectivity index (χ4v) is 3.13. The predicted molar refractivity (Wildman–Crippen MR) is 88.3 cm³/mol. The minimum Gasteiger partial charge on any atom is -0.397 e. The lowest BCUT2D eigenvalue weighted by Gasteiger charge is -2.11. The number of hydrogen-bond acceptors (Lipinski definition) is 2. The SMILES string of the molecule is Nc1cc(Br)cc(Br)c1NC(=O)c1ccc(Br)cc1. The number of carbonyl (C=O) groups excluding carboxylic acids is 1. The van der Waals surface area contributed by atoms with Crippen molar-refractivity contribution in [1.82, 2.24) is 0 Å². The molecule has 0 saturated heterocycles. The van der Waals surface area contributed by atoms with Crippen molar-refractivity contribution >= 4 is 65.1 Å². The maximum Gasteiger partial charge on any atom is 0.255 e. The van der Waals surface area contributed by atoms with Gasteiger partial charge in [0.1, 0.15) is 0 Å². The molecule has 2 aromatic carbocycles. The molecular formula is C13H9Br3N2O. The van der Waals surface area contributed by atoms with E-state index in [9.17, 15) is 4.79 Å². The predicted octanol–water partition coefficient (Wildman–Crippen LogP) is 4.81. The van der Waals surface area contributed by atoms with Gasteiger partial charge in [-0.05, 0) is 52.3 Å². The zero-order chi connectivity index (χ0) is 14.0. The van der Waals surface area contributed by atoms with Crippen LogP contribution in [0.4, 0.5) is 11.4 Å². The summed E-state index contributed by atoms with van der Waals surface area (Å²) in [6.07, 6.45) is 0. The summed E-state index contributed by atoms with van der Waals surface area (Å²) in [6, 6.07) is 10.7. The fourth-order valence-electron chi connectivity index (χ4n) is 1.51. The summed E-state index contributed by atoms with van der Waals surface area (Å²) in [5.41, 5.74) is 7.52.